The van der Waals surface area contributed by atoms with Gasteiger partial charge in [-0.25, -0.2) is 0 Å². The van der Waals surface area contributed by atoms with E-state index < -0.39 is 0 Å². The maximum Gasteiger partial charge on any atom is 0.201 e. The number of benzene rings is 1. The lowest BCUT2D eigenvalue weighted by atomic mass is 10.1. The van der Waals surface area contributed by atoms with Crippen LogP contribution in [-0.2, 0) is 0 Å². The average molecular weight is 267 g/mol. The summed E-state index contributed by atoms with van der Waals surface area (Å²) in [5.74, 6) is -0.201. The fourth-order valence-corrected chi connectivity index (χ4v) is 1.95. The minimum Gasteiger partial charge on any atom is -0.382 e. The first-order valence-corrected chi connectivity index (χ1v) is 5.98. The number of allylic oxidation sites excluding steroid dienone is 1. The van der Waals surface area contributed by atoms with Gasteiger partial charge in [0.1, 0.15) is 5.40 Å². The highest BCUT2D eigenvalue weighted by Crippen LogP contribution is 2.21. The molecule has 0 atom stereocenters. The largest absolute Gasteiger partial charge is 0.382 e. The molecule has 1 aromatic carbocycles. The number of carbonyl (C=O) groups excluding carboxylic acids is 1. The molecule has 3 nitrogen and oxygen atoms in total. The Morgan fingerprint density at radius 3 is 2.76 bits per heavy atom. The second-order valence-corrected chi connectivity index (χ2v) is 4.75. The van der Waals surface area contributed by atoms with Gasteiger partial charge in [0.2, 0.25) is 5.78 Å². The number of rotatable bonds is 4. The standard InChI is InChI=1S/C12H11ClN2OS/c1-15(2)7-11(17-8-14)12(16)9-4-3-5-10(13)6-9/h3-7H,1-2H3/b11-7-. The van der Waals surface area contributed by atoms with Crippen molar-refractivity contribution in [2.24, 2.45) is 0 Å². The highest BCUT2D eigenvalue weighted by atomic mass is 35.5. The Labute approximate surface area is 110 Å². The second-order valence-electron chi connectivity index (χ2n) is 3.49. The van der Waals surface area contributed by atoms with Crippen LogP contribution in [0.2, 0.25) is 5.02 Å². The Hall–Kier alpha value is -1.44. The van der Waals surface area contributed by atoms with E-state index in [0.717, 1.165) is 11.8 Å². The molecule has 0 saturated carbocycles. The predicted octanol–water partition coefficient (Wildman–Crippen LogP) is 3.14. The van der Waals surface area contributed by atoms with Crippen LogP contribution in [0.3, 0.4) is 0 Å². The lowest BCUT2D eigenvalue weighted by Gasteiger charge is -2.08. The molecule has 0 radical (unpaired) electrons. The molecule has 0 aliphatic rings. The summed E-state index contributed by atoms with van der Waals surface area (Å²) in [5, 5.41) is 11.1. The topological polar surface area (TPSA) is 44.1 Å². The number of hydrogen-bond acceptors (Lipinski definition) is 4. The quantitative estimate of drug-likeness (QED) is 0.477. The summed E-state index contributed by atoms with van der Waals surface area (Å²) in [7, 11) is 3.59. The van der Waals surface area contributed by atoms with Crippen molar-refractivity contribution in [3.05, 3.63) is 46.0 Å². The van der Waals surface area contributed by atoms with E-state index in [1.54, 1.807) is 49.5 Å². The first kappa shape index (κ1) is 13.6. The molecule has 5 heteroatoms. The number of nitriles is 1. The molecule has 0 heterocycles. The minimum atomic E-state index is -0.201. The van der Waals surface area contributed by atoms with Crippen LogP contribution in [0.15, 0.2) is 35.4 Å². The van der Waals surface area contributed by atoms with Gasteiger partial charge in [-0.1, -0.05) is 23.7 Å². The van der Waals surface area contributed by atoms with E-state index in [9.17, 15) is 4.79 Å². The van der Waals surface area contributed by atoms with Gasteiger partial charge in [0.15, 0.2) is 0 Å². The number of halogens is 1. The van der Waals surface area contributed by atoms with Crippen molar-refractivity contribution >= 4 is 29.1 Å². The molecule has 0 bridgehead atoms. The molecule has 0 aromatic heterocycles. The molecule has 0 aliphatic carbocycles. The third-order valence-electron chi connectivity index (χ3n) is 1.84. The van der Waals surface area contributed by atoms with Crippen LogP contribution in [-0.4, -0.2) is 24.8 Å². The van der Waals surface area contributed by atoms with Crippen molar-refractivity contribution in [2.45, 2.75) is 0 Å². The molecule has 0 saturated heterocycles. The smallest absolute Gasteiger partial charge is 0.201 e. The van der Waals surface area contributed by atoms with E-state index in [1.807, 2.05) is 5.40 Å². The van der Waals surface area contributed by atoms with E-state index in [2.05, 4.69) is 0 Å². The number of thiocyanates is 1. The number of ketones is 1. The van der Waals surface area contributed by atoms with Gasteiger partial charge >= 0.3 is 0 Å². The summed E-state index contributed by atoms with van der Waals surface area (Å²) in [6.07, 6.45) is 1.62. The molecular formula is C12H11ClN2OS. The molecule has 0 N–H and O–H groups in total. The maximum atomic E-state index is 12.1. The monoisotopic (exact) mass is 266 g/mol. The number of Topliss-reactive ketones (excluding diaryl/α,β-unsaturated/α-hetero) is 1. The van der Waals surface area contributed by atoms with Crippen LogP contribution in [0, 0.1) is 10.7 Å². The zero-order valence-electron chi connectivity index (χ0n) is 9.48. The second kappa shape index (κ2) is 6.33. The SMILES string of the molecule is CN(C)/C=C(\SC#N)C(=O)c1cccc(Cl)c1. The molecule has 1 aromatic rings. The van der Waals surface area contributed by atoms with E-state index >= 15 is 0 Å². The fourth-order valence-electron chi connectivity index (χ4n) is 1.19. The molecule has 0 fully saturated rings. The number of nitrogens with zero attached hydrogens (tertiary/aromatic N) is 2. The summed E-state index contributed by atoms with van der Waals surface area (Å²) >= 11 is 6.67. The predicted molar refractivity (Wildman–Crippen MR) is 70.8 cm³/mol. The molecule has 0 amide bonds. The van der Waals surface area contributed by atoms with Gasteiger partial charge < -0.3 is 4.90 Å². The summed E-state index contributed by atoms with van der Waals surface area (Å²) in [6.45, 7) is 0. The number of carbonyl (C=O) groups is 1. The molecule has 0 unspecified atom stereocenters. The zero-order chi connectivity index (χ0) is 12.8. The van der Waals surface area contributed by atoms with Crippen LogP contribution in [0.25, 0.3) is 0 Å². The zero-order valence-corrected chi connectivity index (χ0v) is 11.0. The Balaban J connectivity index is 3.05. The highest BCUT2D eigenvalue weighted by molar-refractivity contribution is 8.08. The Kier molecular flexibility index (Phi) is 5.08. The van der Waals surface area contributed by atoms with Gasteiger partial charge in [-0.2, -0.15) is 5.26 Å². The first-order chi connectivity index (χ1) is 8.04. The lowest BCUT2D eigenvalue weighted by Crippen LogP contribution is -2.07. The molecular weight excluding hydrogens is 256 g/mol. The van der Waals surface area contributed by atoms with Crippen molar-refractivity contribution in [3.63, 3.8) is 0 Å². The van der Waals surface area contributed by atoms with Crippen molar-refractivity contribution in [3.8, 4) is 5.40 Å². The number of thioether (sulfide) groups is 1. The van der Waals surface area contributed by atoms with Gasteiger partial charge in [-0.15, -0.1) is 0 Å². The van der Waals surface area contributed by atoms with Crippen LogP contribution < -0.4 is 0 Å². The summed E-state index contributed by atoms with van der Waals surface area (Å²) in [4.78, 5) is 14.2. The van der Waals surface area contributed by atoms with Crippen LogP contribution in [0.5, 0.6) is 0 Å². The van der Waals surface area contributed by atoms with Crippen molar-refractivity contribution in [2.75, 3.05) is 14.1 Å². The normalized spacial score (nSPS) is 10.8. The first-order valence-electron chi connectivity index (χ1n) is 4.79. The van der Waals surface area contributed by atoms with Crippen molar-refractivity contribution in [1.82, 2.24) is 4.90 Å². The third-order valence-corrected chi connectivity index (χ3v) is 2.68. The Morgan fingerprint density at radius 1 is 1.53 bits per heavy atom. The van der Waals surface area contributed by atoms with E-state index in [0.29, 0.717) is 15.5 Å². The van der Waals surface area contributed by atoms with E-state index in [4.69, 9.17) is 16.9 Å². The van der Waals surface area contributed by atoms with Gasteiger partial charge in [-0.3, -0.25) is 4.79 Å². The van der Waals surface area contributed by atoms with Gasteiger partial charge in [0.25, 0.3) is 0 Å². The van der Waals surface area contributed by atoms with Crippen molar-refractivity contribution in [1.29, 1.82) is 5.26 Å². The van der Waals surface area contributed by atoms with Crippen LogP contribution in [0.1, 0.15) is 10.4 Å². The summed E-state index contributed by atoms with van der Waals surface area (Å²) < 4.78 is 0. The average Bonchev–Trinajstić information content (AvgIpc) is 2.27. The number of hydrogen-bond donors (Lipinski definition) is 0. The van der Waals surface area contributed by atoms with Crippen LogP contribution >= 0.6 is 23.4 Å². The minimum absolute atomic E-state index is 0.201. The Bertz CT molecular complexity index is 492. The fraction of sp³-hybridized carbons (Fsp3) is 0.167. The lowest BCUT2D eigenvalue weighted by molar-refractivity contribution is 0.104. The third kappa shape index (κ3) is 4.14. The molecule has 88 valence electrons. The molecule has 1 rings (SSSR count). The van der Waals surface area contributed by atoms with Gasteiger partial charge in [0, 0.05) is 30.9 Å². The Morgan fingerprint density at radius 2 is 2.24 bits per heavy atom. The van der Waals surface area contributed by atoms with Gasteiger partial charge in [-0.05, 0) is 23.9 Å². The molecule has 17 heavy (non-hydrogen) atoms. The molecule has 0 aliphatic heterocycles. The van der Waals surface area contributed by atoms with E-state index in [1.165, 1.54) is 0 Å². The van der Waals surface area contributed by atoms with E-state index in [-0.39, 0.29) is 5.78 Å². The van der Waals surface area contributed by atoms with Gasteiger partial charge in [0.05, 0.1) is 4.91 Å². The van der Waals surface area contributed by atoms with Crippen LogP contribution in [0.4, 0.5) is 0 Å². The highest BCUT2D eigenvalue weighted by Gasteiger charge is 2.13. The van der Waals surface area contributed by atoms with Crippen molar-refractivity contribution < 1.29 is 4.79 Å². The molecule has 0 spiro atoms. The summed E-state index contributed by atoms with van der Waals surface area (Å²) in [6, 6.07) is 6.67. The summed E-state index contributed by atoms with van der Waals surface area (Å²) in [5.41, 5.74) is 0.480. The maximum absolute atomic E-state index is 12.1.